The van der Waals surface area contributed by atoms with E-state index < -0.39 is 11.9 Å². The second-order valence-electron chi connectivity index (χ2n) is 4.32. The minimum absolute atomic E-state index is 0.114. The van der Waals surface area contributed by atoms with E-state index in [0.29, 0.717) is 20.2 Å². The molecule has 0 fully saturated rings. The first-order valence-electron chi connectivity index (χ1n) is 6.11. The van der Waals surface area contributed by atoms with Crippen molar-refractivity contribution in [3.05, 3.63) is 56.5 Å². The van der Waals surface area contributed by atoms with Crippen LogP contribution in [-0.2, 0) is 4.79 Å². The monoisotopic (exact) mass is 401 g/mol. The molecule has 2 rings (SSSR count). The zero-order valence-electron chi connectivity index (χ0n) is 11.3. The molecule has 4 nitrogen and oxygen atoms in total. The van der Waals surface area contributed by atoms with Crippen LogP contribution >= 0.6 is 39.1 Å². The number of benzene rings is 2. The summed E-state index contributed by atoms with van der Waals surface area (Å²) in [7, 11) is 0. The third-order valence-corrected chi connectivity index (χ3v) is 3.66. The quantitative estimate of drug-likeness (QED) is 0.584. The van der Waals surface area contributed by atoms with Crippen LogP contribution in [0.1, 0.15) is 17.3 Å². The van der Waals surface area contributed by atoms with E-state index in [2.05, 4.69) is 21.2 Å². The maximum absolute atomic E-state index is 12.4. The highest BCUT2D eigenvalue weighted by atomic mass is 79.9. The first kappa shape index (κ1) is 16.8. The number of carbonyl (C=O) groups excluding carboxylic acids is 2. The summed E-state index contributed by atoms with van der Waals surface area (Å²) in [6.07, 6.45) is 0. The summed E-state index contributed by atoms with van der Waals surface area (Å²) in [4.78, 5) is 23.6. The Morgan fingerprint density at radius 2 is 1.73 bits per heavy atom. The van der Waals surface area contributed by atoms with Crippen molar-refractivity contribution >= 4 is 56.7 Å². The lowest BCUT2D eigenvalue weighted by molar-refractivity contribution is -0.131. The summed E-state index contributed by atoms with van der Waals surface area (Å²) in [6, 6.07) is 9.58. The predicted molar refractivity (Wildman–Crippen MR) is 89.9 cm³/mol. The van der Waals surface area contributed by atoms with E-state index in [1.54, 1.807) is 30.3 Å². The van der Waals surface area contributed by atoms with Crippen molar-refractivity contribution in [1.29, 1.82) is 0 Å². The van der Waals surface area contributed by atoms with E-state index in [1.165, 1.54) is 13.0 Å². The topological polar surface area (TPSA) is 55.4 Å². The van der Waals surface area contributed by atoms with E-state index in [9.17, 15) is 9.59 Å². The predicted octanol–water partition coefficient (Wildman–Crippen LogP) is 4.93. The maximum atomic E-state index is 12.4. The summed E-state index contributed by atoms with van der Waals surface area (Å²) in [5.74, 6) is -0.881. The van der Waals surface area contributed by atoms with Gasteiger partial charge in [-0.3, -0.25) is 9.59 Å². The molecule has 0 aliphatic carbocycles. The molecule has 0 radical (unpaired) electrons. The van der Waals surface area contributed by atoms with Crippen LogP contribution in [0.25, 0.3) is 0 Å². The van der Waals surface area contributed by atoms with E-state index in [4.69, 9.17) is 27.9 Å². The number of hydrogen-bond acceptors (Lipinski definition) is 3. The number of anilines is 1. The SMILES string of the molecule is CC(=O)Oc1c(Br)cc(Cl)cc1C(=O)Nc1ccc(Cl)cc1. The summed E-state index contributed by atoms with van der Waals surface area (Å²) < 4.78 is 5.50. The number of hydrogen-bond donors (Lipinski definition) is 1. The standard InChI is InChI=1S/C15H10BrCl2NO3/c1-8(20)22-14-12(6-10(18)7-13(14)16)15(21)19-11-4-2-9(17)3-5-11/h2-7H,1H3,(H,19,21). The lowest BCUT2D eigenvalue weighted by Crippen LogP contribution is -2.15. The van der Waals surface area contributed by atoms with Crippen LogP contribution in [0.4, 0.5) is 5.69 Å². The van der Waals surface area contributed by atoms with Gasteiger partial charge in [-0.2, -0.15) is 0 Å². The summed E-state index contributed by atoms with van der Waals surface area (Å²) in [6.45, 7) is 1.25. The minimum Gasteiger partial charge on any atom is -0.425 e. The average molecular weight is 403 g/mol. The Morgan fingerprint density at radius 3 is 2.32 bits per heavy atom. The van der Waals surface area contributed by atoms with Gasteiger partial charge in [0.1, 0.15) is 0 Å². The lowest BCUT2D eigenvalue weighted by Gasteiger charge is -2.12. The molecule has 0 atom stereocenters. The van der Waals surface area contributed by atoms with Crippen molar-refractivity contribution in [2.45, 2.75) is 6.92 Å². The van der Waals surface area contributed by atoms with Gasteiger partial charge in [0, 0.05) is 22.7 Å². The molecule has 2 aromatic rings. The van der Waals surface area contributed by atoms with Crippen LogP contribution in [0.2, 0.25) is 10.0 Å². The molecule has 0 saturated carbocycles. The van der Waals surface area contributed by atoms with Crippen molar-refractivity contribution in [3.8, 4) is 5.75 Å². The highest BCUT2D eigenvalue weighted by molar-refractivity contribution is 9.10. The van der Waals surface area contributed by atoms with Gasteiger partial charge in [0.25, 0.3) is 5.91 Å². The van der Waals surface area contributed by atoms with Gasteiger partial charge < -0.3 is 10.1 Å². The molecular weight excluding hydrogens is 393 g/mol. The first-order valence-corrected chi connectivity index (χ1v) is 7.66. The van der Waals surface area contributed by atoms with E-state index in [0.717, 1.165) is 0 Å². The highest BCUT2D eigenvalue weighted by Crippen LogP contribution is 2.33. The zero-order valence-corrected chi connectivity index (χ0v) is 14.4. The Bertz CT molecular complexity index is 732. The third kappa shape index (κ3) is 4.22. The molecule has 1 amide bonds. The molecule has 7 heteroatoms. The minimum atomic E-state index is -0.538. The molecular formula is C15H10BrCl2NO3. The van der Waals surface area contributed by atoms with Crippen molar-refractivity contribution in [1.82, 2.24) is 0 Å². The summed E-state index contributed by atoms with van der Waals surface area (Å²) in [5, 5.41) is 3.58. The van der Waals surface area contributed by atoms with Crippen LogP contribution < -0.4 is 10.1 Å². The molecule has 0 aliphatic heterocycles. The Morgan fingerprint density at radius 1 is 1.09 bits per heavy atom. The van der Waals surface area contributed by atoms with Crippen LogP contribution in [0.5, 0.6) is 5.75 Å². The maximum Gasteiger partial charge on any atom is 0.308 e. The molecule has 1 N–H and O–H groups in total. The lowest BCUT2D eigenvalue weighted by atomic mass is 10.1. The Labute approximate surface area is 145 Å². The second-order valence-corrected chi connectivity index (χ2v) is 6.05. The molecule has 0 aliphatic rings. The van der Waals surface area contributed by atoms with E-state index in [1.807, 2.05) is 0 Å². The van der Waals surface area contributed by atoms with Gasteiger partial charge in [0.15, 0.2) is 5.75 Å². The molecule has 0 aromatic heterocycles. The number of amides is 1. The van der Waals surface area contributed by atoms with Gasteiger partial charge in [0.2, 0.25) is 0 Å². The van der Waals surface area contributed by atoms with E-state index in [-0.39, 0.29) is 11.3 Å². The van der Waals surface area contributed by atoms with Crippen molar-refractivity contribution in [2.75, 3.05) is 5.32 Å². The van der Waals surface area contributed by atoms with Crippen molar-refractivity contribution in [3.63, 3.8) is 0 Å². The molecule has 0 saturated heterocycles. The summed E-state index contributed by atoms with van der Waals surface area (Å²) >= 11 is 15.0. The average Bonchev–Trinajstić information content (AvgIpc) is 2.43. The van der Waals surface area contributed by atoms with Crippen LogP contribution in [0.3, 0.4) is 0 Å². The van der Waals surface area contributed by atoms with Gasteiger partial charge in [-0.1, -0.05) is 23.2 Å². The van der Waals surface area contributed by atoms with Crippen molar-refractivity contribution < 1.29 is 14.3 Å². The smallest absolute Gasteiger partial charge is 0.308 e. The molecule has 22 heavy (non-hydrogen) atoms. The number of halogens is 3. The number of ether oxygens (including phenoxy) is 1. The first-order chi connectivity index (χ1) is 10.4. The van der Waals surface area contributed by atoms with Gasteiger partial charge in [-0.25, -0.2) is 0 Å². The molecule has 0 spiro atoms. The highest BCUT2D eigenvalue weighted by Gasteiger charge is 2.19. The molecule has 0 unspecified atom stereocenters. The third-order valence-electron chi connectivity index (χ3n) is 2.60. The number of esters is 1. The number of nitrogens with one attached hydrogen (secondary N) is 1. The van der Waals surface area contributed by atoms with Crippen LogP contribution in [0, 0.1) is 0 Å². The molecule has 114 valence electrons. The largest absolute Gasteiger partial charge is 0.425 e. The Balaban J connectivity index is 2.35. The molecule has 0 bridgehead atoms. The van der Waals surface area contributed by atoms with Gasteiger partial charge in [-0.05, 0) is 52.3 Å². The zero-order chi connectivity index (χ0) is 16.3. The van der Waals surface area contributed by atoms with Crippen molar-refractivity contribution in [2.24, 2.45) is 0 Å². The van der Waals surface area contributed by atoms with Gasteiger partial charge in [-0.15, -0.1) is 0 Å². The van der Waals surface area contributed by atoms with Gasteiger partial charge in [0.05, 0.1) is 10.0 Å². The van der Waals surface area contributed by atoms with Crippen LogP contribution in [0.15, 0.2) is 40.9 Å². The normalized spacial score (nSPS) is 10.2. The Hall–Kier alpha value is -1.56. The fourth-order valence-electron chi connectivity index (χ4n) is 1.71. The number of carbonyl (C=O) groups is 2. The van der Waals surface area contributed by atoms with Gasteiger partial charge >= 0.3 is 5.97 Å². The fourth-order valence-corrected chi connectivity index (χ4v) is 2.73. The molecule has 0 heterocycles. The fraction of sp³-hybridized carbons (Fsp3) is 0.0667. The Kier molecular flexibility index (Phi) is 5.45. The summed E-state index contributed by atoms with van der Waals surface area (Å²) in [5.41, 5.74) is 0.698. The second kappa shape index (κ2) is 7.13. The molecule has 2 aromatic carbocycles. The van der Waals surface area contributed by atoms with Crippen LogP contribution in [-0.4, -0.2) is 11.9 Å². The number of rotatable bonds is 3. The van der Waals surface area contributed by atoms with E-state index >= 15 is 0 Å².